The number of carbonyl (C=O) groups excluding carboxylic acids is 1. The minimum atomic E-state index is -0.562. The fourth-order valence-corrected chi connectivity index (χ4v) is 3.12. The first kappa shape index (κ1) is 20.0. The van der Waals surface area contributed by atoms with Crippen molar-refractivity contribution in [2.24, 2.45) is 0 Å². The number of fused-ring (bicyclic) bond motifs is 1. The average Bonchev–Trinajstić information content (AvgIpc) is 3.26. The molecule has 0 saturated carbocycles. The Labute approximate surface area is 177 Å². The molecule has 1 amide bonds. The highest BCUT2D eigenvalue weighted by Crippen LogP contribution is 2.27. The van der Waals surface area contributed by atoms with Crippen LogP contribution in [0.5, 0.6) is 11.5 Å². The zero-order chi connectivity index (χ0) is 21.8. The number of hydrogen-bond donors (Lipinski definition) is 1. The van der Waals surface area contributed by atoms with Gasteiger partial charge in [-0.15, -0.1) is 0 Å². The summed E-state index contributed by atoms with van der Waals surface area (Å²) in [5.41, 5.74) is 0.0271. The van der Waals surface area contributed by atoms with Crippen molar-refractivity contribution in [1.29, 1.82) is 0 Å². The lowest BCUT2D eigenvalue weighted by molar-refractivity contribution is -0.384. The quantitative estimate of drug-likeness (QED) is 0.328. The molecule has 4 rings (SSSR count). The standard InChI is InChI=1S/C23H18N2O6/c1-29-19-12-16(11-17(13-19)25(27)28)24-23(26)22-10-9-18(31-22)14-30-21-8-4-6-15-5-2-3-7-20(15)21/h2-13H,14H2,1H3,(H,24,26). The minimum Gasteiger partial charge on any atom is -0.496 e. The van der Waals surface area contributed by atoms with Crippen molar-refractivity contribution in [3.63, 3.8) is 0 Å². The Balaban J connectivity index is 1.45. The van der Waals surface area contributed by atoms with Gasteiger partial charge in [0, 0.05) is 17.5 Å². The maximum Gasteiger partial charge on any atom is 0.291 e. The van der Waals surface area contributed by atoms with Crippen LogP contribution in [0.4, 0.5) is 11.4 Å². The third-order valence-electron chi connectivity index (χ3n) is 4.60. The third kappa shape index (κ3) is 4.48. The Bertz CT molecular complexity index is 1260. The normalized spacial score (nSPS) is 10.6. The van der Waals surface area contributed by atoms with E-state index in [2.05, 4.69) is 5.32 Å². The second-order valence-electron chi connectivity index (χ2n) is 6.66. The number of rotatable bonds is 7. The van der Waals surface area contributed by atoms with Crippen LogP contribution in [0.15, 0.2) is 77.2 Å². The van der Waals surface area contributed by atoms with Crippen LogP contribution in [0.2, 0.25) is 0 Å². The molecule has 0 radical (unpaired) electrons. The molecule has 0 aliphatic rings. The van der Waals surface area contributed by atoms with Crippen LogP contribution >= 0.6 is 0 Å². The van der Waals surface area contributed by atoms with Crippen LogP contribution in [0.25, 0.3) is 10.8 Å². The fraction of sp³-hybridized carbons (Fsp3) is 0.0870. The smallest absolute Gasteiger partial charge is 0.291 e. The van der Waals surface area contributed by atoms with Crippen molar-refractivity contribution in [2.45, 2.75) is 6.61 Å². The highest BCUT2D eigenvalue weighted by molar-refractivity contribution is 6.02. The first-order valence-corrected chi connectivity index (χ1v) is 9.37. The van der Waals surface area contributed by atoms with Crippen molar-refractivity contribution in [3.8, 4) is 11.5 Å². The summed E-state index contributed by atoms with van der Waals surface area (Å²) in [4.78, 5) is 23.0. The van der Waals surface area contributed by atoms with E-state index in [1.54, 1.807) is 6.07 Å². The second kappa shape index (κ2) is 8.58. The number of carbonyl (C=O) groups is 1. The molecule has 1 heterocycles. The first-order valence-electron chi connectivity index (χ1n) is 9.37. The van der Waals surface area contributed by atoms with Crippen LogP contribution in [0, 0.1) is 10.1 Å². The van der Waals surface area contributed by atoms with Gasteiger partial charge in [0.1, 0.15) is 23.9 Å². The van der Waals surface area contributed by atoms with Crippen LogP contribution in [0.1, 0.15) is 16.3 Å². The summed E-state index contributed by atoms with van der Waals surface area (Å²) in [6.07, 6.45) is 0. The van der Waals surface area contributed by atoms with Crippen LogP contribution in [0.3, 0.4) is 0 Å². The van der Waals surface area contributed by atoms with Gasteiger partial charge >= 0.3 is 0 Å². The Morgan fingerprint density at radius 2 is 1.87 bits per heavy atom. The van der Waals surface area contributed by atoms with Crippen LogP contribution < -0.4 is 14.8 Å². The number of benzene rings is 3. The van der Waals surface area contributed by atoms with Gasteiger partial charge in [-0.3, -0.25) is 14.9 Å². The highest BCUT2D eigenvalue weighted by Gasteiger charge is 2.16. The van der Waals surface area contributed by atoms with Crippen molar-refractivity contribution < 1.29 is 23.6 Å². The first-order chi connectivity index (χ1) is 15.0. The van der Waals surface area contributed by atoms with E-state index < -0.39 is 10.8 Å². The molecule has 1 aromatic heterocycles. The van der Waals surface area contributed by atoms with E-state index in [9.17, 15) is 14.9 Å². The van der Waals surface area contributed by atoms with Crippen molar-refractivity contribution >= 4 is 28.1 Å². The summed E-state index contributed by atoms with van der Waals surface area (Å²) in [5.74, 6) is 0.952. The summed E-state index contributed by atoms with van der Waals surface area (Å²) in [6.45, 7) is 0.145. The Morgan fingerprint density at radius 3 is 2.68 bits per heavy atom. The third-order valence-corrected chi connectivity index (χ3v) is 4.60. The fourth-order valence-electron chi connectivity index (χ4n) is 3.12. The lowest BCUT2D eigenvalue weighted by Gasteiger charge is -2.08. The van der Waals surface area contributed by atoms with Gasteiger partial charge in [-0.1, -0.05) is 36.4 Å². The van der Waals surface area contributed by atoms with Crippen LogP contribution in [-0.4, -0.2) is 17.9 Å². The minimum absolute atomic E-state index is 0.0574. The molecule has 8 nitrogen and oxygen atoms in total. The van der Waals surface area contributed by atoms with Gasteiger partial charge in [-0.05, 0) is 23.6 Å². The lowest BCUT2D eigenvalue weighted by Crippen LogP contribution is -2.11. The molecule has 3 aromatic carbocycles. The van der Waals surface area contributed by atoms with Gasteiger partial charge in [-0.25, -0.2) is 0 Å². The van der Waals surface area contributed by atoms with E-state index in [1.165, 1.54) is 31.4 Å². The molecule has 0 aliphatic heterocycles. The van der Waals surface area contributed by atoms with Crippen molar-refractivity contribution in [3.05, 3.63) is 94.4 Å². The number of furan rings is 1. The number of nitro benzene ring substituents is 1. The van der Waals surface area contributed by atoms with E-state index in [4.69, 9.17) is 13.9 Å². The van der Waals surface area contributed by atoms with Gasteiger partial charge in [0.05, 0.1) is 23.8 Å². The molecule has 156 valence electrons. The molecule has 1 N–H and O–H groups in total. The summed E-state index contributed by atoms with van der Waals surface area (Å²) in [5, 5.41) is 15.7. The largest absolute Gasteiger partial charge is 0.496 e. The molecule has 4 aromatic rings. The number of non-ortho nitro benzene ring substituents is 1. The van der Waals surface area contributed by atoms with Gasteiger partial charge in [0.2, 0.25) is 0 Å². The number of nitrogens with one attached hydrogen (secondary N) is 1. The molecule has 8 heteroatoms. The molecule has 0 atom stereocenters. The SMILES string of the molecule is COc1cc(NC(=O)c2ccc(COc3cccc4ccccc34)o2)cc([N+](=O)[O-])c1. The average molecular weight is 418 g/mol. The van der Waals surface area contributed by atoms with Gasteiger partial charge in [0.25, 0.3) is 11.6 Å². The molecule has 31 heavy (non-hydrogen) atoms. The number of nitrogens with zero attached hydrogens (tertiary/aromatic N) is 1. The van der Waals surface area contributed by atoms with Crippen molar-refractivity contribution in [2.75, 3.05) is 12.4 Å². The number of anilines is 1. The van der Waals surface area contributed by atoms with Gasteiger partial charge in [-0.2, -0.15) is 0 Å². The molecular formula is C23H18N2O6. The molecule has 0 unspecified atom stereocenters. The molecule has 0 aliphatic carbocycles. The summed E-state index contributed by atoms with van der Waals surface area (Å²) in [6, 6.07) is 20.8. The van der Waals surface area contributed by atoms with E-state index in [1.807, 2.05) is 42.5 Å². The molecule has 0 saturated heterocycles. The molecule has 0 fully saturated rings. The predicted molar refractivity (Wildman–Crippen MR) is 115 cm³/mol. The summed E-state index contributed by atoms with van der Waals surface area (Å²) < 4.78 is 16.5. The second-order valence-corrected chi connectivity index (χ2v) is 6.66. The maximum absolute atomic E-state index is 12.5. The Morgan fingerprint density at radius 1 is 1.06 bits per heavy atom. The lowest BCUT2D eigenvalue weighted by atomic mass is 10.1. The zero-order valence-electron chi connectivity index (χ0n) is 16.5. The number of hydrogen-bond acceptors (Lipinski definition) is 6. The molecule has 0 spiro atoms. The molecule has 0 bridgehead atoms. The number of methoxy groups -OCH3 is 1. The zero-order valence-corrected chi connectivity index (χ0v) is 16.5. The summed E-state index contributed by atoms with van der Waals surface area (Å²) >= 11 is 0. The van der Waals surface area contributed by atoms with E-state index >= 15 is 0 Å². The van der Waals surface area contributed by atoms with Crippen molar-refractivity contribution in [1.82, 2.24) is 0 Å². The maximum atomic E-state index is 12.5. The van der Waals surface area contributed by atoms with Gasteiger partial charge < -0.3 is 19.2 Å². The van der Waals surface area contributed by atoms with E-state index in [0.717, 1.165) is 10.8 Å². The topological polar surface area (TPSA) is 104 Å². The van der Waals surface area contributed by atoms with Crippen LogP contribution in [-0.2, 0) is 6.61 Å². The van der Waals surface area contributed by atoms with Gasteiger partial charge in [0.15, 0.2) is 5.76 Å². The Kier molecular flexibility index (Phi) is 5.53. The number of nitro groups is 1. The predicted octanol–water partition coefficient (Wildman–Crippen LogP) is 5.18. The summed E-state index contributed by atoms with van der Waals surface area (Å²) in [7, 11) is 1.39. The molecular weight excluding hydrogens is 400 g/mol. The number of amides is 1. The van der Waals surface area contributed by atoms with E-state index in [-0.39, 0.29) is 29.5 Å². The van der Waals surface area contributed by atoms with E-state index in [0.29, 0.717) is 11.5 Å². The highest BCUT2D eigenvalue weighted by atomic mass is 16.6. The Hall–Kier alpha value is -4.33. The number of ether oxygens (including phenoxy) is 2. The monoisotopic (exact) mass is 418 g/mol.